The lowest BCUT2D eigenvalue weighted by Crippen LogP contribution is -2.49. The van der Waals surface area contributed by atoms with Gasteiger partial charge in [0.1, 0.15) is 11.4 Å². The molecule has 0 saturated carbocycles. The normalized spacial score (nSPS) is 20.0. The molecule has 0 unspecified atom stereocenters. The molecule has 1 aliphatic rings. The Morgan fingerprint density at radius 3 is 2.78 bits per heavy atom. The Morgan fingerprint density at radius 2 is 2.22 bits per heavy atom. The smallest absolute Gasteiger partial charge is 0.332 e. The number of hydrogen-bond donors (Lipinski definition) is 1. The number of ether oxygens (including phenoxy) is 1. The second kappa shape index (κ2) is 7.04. The molecule has 1 aromatic rings. The van der Waals surface area contributed by atoms with E-state index >= 15 is 0 Å². The number of rotatable bonds is 6. The zero-order valence-corrected chi connectivity index (χ0v) is 13.8. The molecule has 0 radical (unpaired) electrons. The lowest BCUT2D eigenvalue weighted by Gasteiger charge is -2.25. The third kappa shape index (κ3) is 3.85. The van der Waals surface area contributed by atoms with Gasteiger partial charge < -0.3 is 10.1 Å². The van der Waals surface area contributed by atoms with Crippen molar-refractivity contribution in [3.63, 3.8) is 0 Å². The van der Waals surface area contributed by atoms with Gasteiger partial charge in [0.05, 0.1) is 5.56 Å². The van der Waals surface area contributed by atoms with Crippen molar-refractivity contribution >= 4 is 33.6 Å². The molecule has 0 bridgehead atoms. The van der Waals surface area contributed by atoms with Gasteiger partial charge in [-0.3, -0.25) is 9.59 Å². The van der Waals surface area contributed by atoms with E-state index < -0.39 is 29.7 Å². The van der Waals surface area contributed by atoms with E-state index in [4.69, 9.17) is 4.74 Å². The molecule has 2 rings (SSSR count). The molecule has 0 spiro atoms. The molecular weight excluding hydrogens is 369 g/mol. The van der Waals surface area contributed by atoms with Crippen LogP contribution in [-0.4, -0.2) is 29.8 Å². The molecule has 0 aromatic heterocycles. The van der Waals surface area contributed by atoms with Crippen LogP contribution in [0.5, 0.6) is 0 Å². The molecule has 23 heavy (non-hydrogen) atoms. The van der Waals surface area contributed by atoms with Gasteiger partial charge in [0, 0.05) is 10.9 Å². The van der Waals surface area contributed by atoms with Crippen molar-refractivity contribution in [2.24, 2.45) is 0 Å². The third-order valence-electron chi connectivity index (χ3n) is 3.61. The van der Waals surface area contributed by atoms with Crippen molar-refractivity contribution in [2.45, 2.75) is 24.8 Å². The van der Waals surface area contributed by atoms with Gasteiger partial charge in [-0.05, 0) is 31.0 Å². The van der Waals surface area contributed by atoms with E-state index in [-0.39, 0.29) is 30.7 Å². The van der Waals surface area contributed by atoms with Crippen molar-refractivity contribution in [2.75, 3.05) is 6.61 Å². The average molecular weight is 384 g/mol. The molecule has 1 aliphatic heterocycles. The lowest BCUT2D eigenvalue weighted by molar-refractivity contribution is -0.150. The second-order valence-corrected chi connectivity index (χ2v) is 6.16. The molecule has 1 amide bonds. The minimum Gasteiger partial charge on any atom is -0.456 e. The summed E-state index contributed by atoms with van der Waals surface area (Å²) < 4.78 is 19.2. The number of ketones is 1. The molecule has 1 atom stereocenters. The highest BCUT2D eigenvalue weighted by Crippen LogP contribution is 2.26. The Balaban J connectivity index is 2.04. The van der Waals surface area contributed by atoms with Crippen LogP contribution in [0.3, 0.4) is 0 Å². The van der Waals surface area contributed by atoms with Gasteiger partial charge in [0.25, 0.3) is 0 Å². The molecular formula is C16H15BrFNO4. The van der Waals surface area contributed by atoms with Gasteiger partial charge in [-0.15, -0.1) is 6.58 Å². The van der Waals surface area contributed by atoms with Crippen LogP contribution in [0, 0.1) is 5.82 Å². The zero-order valence-electron chi connectivity index (χ0n) is 12.2. The van der Waals surface area contributed by atoms with Crippen LogP contribution >= 0.6 is 15.9 Å². The average Bonchev–Trinajstić information content (AvgIpc) is 2.87. The van der Waals surface area contributed by atoms with Crippen molar-refractivity contribution in [1.29, 1.82) is 0 Å². The summed E-state index contributed by atoms with van der Waals surface area (Å²) in [6, 6.07) is 3.99. The summed E-state index contributed by atoms with van der Waals surface area (Å²) in [6.07, 6.45) is 2.19. The fraction of sp³-hybridized carbons (Fsp3) is 0.312. The van der Waals surface area contributed by atoms with Crippen LogP contribution < -0.4 is 5.32 Å². The van der Waals surface area contributed by atoms with Gasteiger partial charge in [-0.1, -0.05) is 22.0 Å². The number of carbonyl (C=O) groups is 3. The highest BCUT2D eigenvalue weighted by molar-refractivity contribution is 9.10. The van der Waals surface area contributed by atoms with Crippen LogP contribution in [0.2, 0.25) is 0 Å². The summed E-state index contributed by atoms with van der Waals surface area (Å²) in [7, 11) is 0. The molecule has 1 fully saturated rings. The van der Waals surface area contributed by atoms with Gasteiger partial charge in [-0.25, -0.2) is 9.18 Å². The van der Waals surface area contributed by atoms with Crippen LogP contribution in [0.25, 0.3) is 0 Å². The minimum atomic E-state index is -1.18. The van der Waals surface area contributed by atoms with Gasteiger partial charge in [0.2, 0.25) is 11.7 Å². The Morgan fingerprint density at radius 1 is 1.48 bits per heavy atom. The predicted molar refractivity (Wildman–Crippen MR) is 84.3 cm³/mol. The number of benzene rings is 1. The van der Waals surface area contributed by atoms with Gasteiger partial charge in [-0.2, -0.15) is 0 Å². The van der Waals surface area contributed by atoms with Crippen molar-refractivity contribution in [3.8, 4) is 0 Å². The maximum atomic E-state index is 13.7. The maximum absolute atomic E-state index is 13.7. The topological polar surface area (TPSA) is 72.5 Å². The number of esters is 1. The Labute approximate surface area is 141 Å². The third-order valence-corrected chi connectivity index (χ3v) is 4.10. The SMILES string of the molecule is C=CC[C@@]1(C(=O)OCC(=O)c2ccc(Br)cc2F)CCC(=O)N1. The first-order valence-corrected chi connectivity index (χ1v) is 7.74. The Bertz CT molecular complexity index is 676. The molecule has 0 aliphatic carbocycles. The standard InChI is InChI=1S/C16H15BrFNO4/c1-2-6-16(7-5-14(21)19-16)15(22)23-9-13(20)11-4-3-10(17)8-12(11)18/h2-4,8H,1,5-7,9H2,(H,19,21)/t16-/m0/s1. The second-order valence-electron chi connectivity index (χ2n) is 5.25. The van der Waals surface area contributed by atoms with Gasteiger partial charge >= 0.3 is 5.97 Å². The highest BCUT2D eigenvalue weighted by atomic mass is 79.9. The molecule has 1 aromatic carbocycles. The fourth-order valence-corrected chi connectivity index (χ4v) is 2.75. The Hall–Kier alpha value is -2.02. The summed E-state index contributed by atoms with van der Waals surface area (Å²) in [5.41, 5.74) is -1.34. The van der Waals surface area contributed by atoms with Crippen LogP contribution in [0.1, 0.15) is 29.6 Å². The van der Waals surface area contributed by atoms with Crippen LogP contribution in [0.15, 0.2) is 35.3 Å². The van der Waals surface area contributed by atoms with Crippen molar-refractivity contribution in [3.05, 3.63) is 46.7 Å². The molecule has 1 saturated heterocycles. The van der Waals surface area contributed by atoms with E-state index in [9.17, 15) is 18.8 Å². The number of amides is 1. The summed E-state index contributed by atoms with van der Waals surface area (Å²) in [5.74, 6) is -2.32. The molecule has 1 N–H and O–H groups in total. The summed E-state index contributed by atoms with van der Waals surface area (Å²) in [5, 5.41) is 2.57. The van der Waals surface area contributed by atoms with E-state index in [1.165, 1.54) is 18.2 Å². The quantitative estimate of drug-likeness (QED) is 0.465. The van der Waals surface area contributed by atoms with Crippen LogP contribution in [-0.2, 0) is 14.3 Å². The minimum absolute atomic E-state index is 0.158. The monoisotopic (exact) mass is 383 g/mol. The first kappa shape index (κ1) is 17.3. The van der Waals surface area contributed by atoms with Crippen molar-refractivity contribution in [1.82, 2.24) is 5.32 Å². The molecule has 5 nitrogen and oxygen atoms in total. The van der Waals surface area contributed by atoms with Crippen LogP contribution in [0.4, 0.5) is 4.39 Å². The lowest BCUT2D eigenvalue weighted by atomic mass is 9.93. The first-order chi connectivity index (χ1) is 10.9. The van der Waals surface area contributed by atoms with E-state index in [0.717, 1.165) is 6.07 Å². The van der Waals surface area contributed by atoms with E-state index in [1.54, 1.807) is 0 Å². The number of hydrogen-bond acceptors (Lipinski definition) is 4. The molecule has 122 valence electrons. The fourth-order valence-electron chi connectivity index (χ4n) is 2.42. The van der Waals surface area contributed by atoms with E-state index in [1.807, 2.05) is 0 Å². The molecule has 7 heteroatoms. The van der Waals surface area contributed by atoms with E-state index in [0.29, 0.717) is 4.47 Å². The summed E-state index contributed by atoms with van der Waals surface area (Å²) >= 11 is 3.10. The summed E-state index contributed by atoms with van der Waals surface area (Å²) in [4.78, 5) is 35.6. The molecule has 1 heterocycles. The number of carbonyl (C=O) groups excluding carboxylic acids is 3. The highest BCUT2D eigenvalue weighted by Gasteiger charge is 2.45. The number of halogens is 2. The van der Waals surface area contributed by atoms with Crippen molar-refractivity contribution < 1.29 is 23.5 Å². The summed E-state index contributed by atoms with van der Waals surface area (Å²) in [6.45, 7) is 2.97. The largest absolute Gasteiger partial charge is 0.456 e. The zero-order chi connectivity index (χ0) is 17.0. The van der Waals surface area contributed by atoms with Gasteiger partial charge in [0.15, 0.2) is 6.61 Å². The number of nitrogens with one attached hydrogen (secondary N) is 1. The predicted octanol–water partition coefficient (Wildman–Crippen LogP) is 2.54. The first-order valence-electron chi connectivity index (χ1n) is 6.95. The maximum Gasteiger partial charge on any atom is 0.332 e. The number of Topliss-reactive ketones (excluding diaryl/α,β-unsaturated/α-hetero) is 1. The Kier molecular flexibility index (Phi) is 5.30. The van der Waals surface area contributed by atoms with E-state index in [2.05, 4.69) is 27.8 Å².